The normalized spacial score (nSPS) is 13.6. The first-order valence-electron chi connectivity index (χ1n) is 9.39. The average molecular weight is 366 g/mol. The maximum atomic E-state index is 12.3. The molecule has 6 heteroatoms. The Morgan fingerprint density at radius 2 is 2.04 bits per heavy atom. The Labute approximate surface area is 160 Å². The van der Waals surface area contributed by atoms with Gasteiger partial charge < -0.3 is 15.4 Å². The van der Waals surface area contributed by atoms with Crippen LogP contribution >= 0.6 is 0 Å². The summed E-state index contributed by atoms with van der Waals surface area (Å²) in [6.07, 6.45) is 9.50. The fourth-order valence-electron chi connectivity index (χ4n) is 3.07. The van der Waals surface area contributed by atoms with E-state index in [0.29, 0.717) is 24.6 Å². The summed E-state index contributed by atoms with van der Waals surface area (Å²) in [6.45, 7) is 1.25. The summed E-state index contributed by atoms with van der Waals surface area (Å²) >= 11 is 0. The molecule has 0 atom stereocenters. The Morgan fingerprint density at radius 3 is 2.78 bits per heavy atom. The summed E-state index contributed by atoms with van der Waals surface area (Å²) in [4.78, 5) is 20.6. The molecule has 0 saturated carbocycles. The number of carbonyl (C=O) groups excluding carboxylic acids is 1. The van der Waals surface area contributed by atoms with Gasteiger partial charge in [-0.15, -0.1) is 0 Å². The largest absolute Gasteiger partial charge is 0.497 e. The molecule has 0 radical (unpaired) electrons. The first kappa shape index (κ1) is 18.9. The molecule has 2 aromatic rings. The summed E-state index contributed by atoms with van der Waals surface area (Å²) in [5, 5.41) is 6.17. The van der Waals surface area contributed by atoms with Crippen LogP contribution in [-0.2, 0) is 6.54 Å². The number of anilines is 1. The van der Waals surface area contributed by atoms with Crippen LogP contribution in [0.2, 0.25) is 0 Å². The Morgan fingerprint density at radius 1 is 1.19 bits per heavy atom. The topological polar surface area (TPSA) is 76.1 Å². The van der Waals surface area contributed by atoms with Crippen LogP contribution in [0.5, 0.6) is 5.75 Å². The molecule has 1 aromatic heterocycles. The number of amides is 1. The summed E-state index contributed by atoms with van der Waals surface area (Å²) in [5.41, 5.74) is 2.92. The minimum Gasteiger partial charge on any atom is -0.497 e. The van der Waals surface area contributed by atoms with Crippen molar-refractivity contribution in [2.24, 2.45) is 0 Å². The third-order valence-electron chi connectivity index (χ3n) is 4.65. The second-order valence-electron chi connectivity index (χ2n) is 6.60. The minimum atomic E-state index is -0.165. The van der Waals surface area contributed by atoms with Crippen LogP contribution in [0, 0.1) is 0 Å². The Bertz CT molecular complexity index is 787. The van der Waals surface area contributed by atoms with Crippen molar-refractivity contribution in [3.63, 3.8) is 0 Å². The molecule has 0 bridgehead atoms. The van der Waals surface area contributed by atoms with Crippen molar-refractivity contribution in [2.45, 2.75) is 38.6 Å². The average Bonchev–Trinajstić information content (AvgIpc) is 2.73. The van der Waals surface area contributed by atoms with Gasteiger partial charge in [0.15, 0.2) is 0 Å². The lowest BCUT2D eigenvalue weighted by molar-refractivity contribution is 0.0949. The molecule has 0 saturated heterocycles. The molecule has 0 unspecified atom stereocenters. The monoisotopic (exact) mass is 366 g/mol. The van der Waals surface area contributed by atoms with Gasteiger partial charge >= 0.3 is 0 Å². The standard InChI is InChI=1S/C21H26N4O2/c1-27-18-9-7-17(8-10-18)14-23-20-13-19(24-15-25-20)21(26)22-12-11-16-5-3-2-4-6-16/h5,7-10,13,15H,2-4,6,11-12,14H2,1H3,(H,22,26)(H,23,24,25). The van der Waals surface area contributed by atoms with Gasteiger partial charge in [-0.2, -0.15) is 0 Å². The highest BCUT2D eigenvalue weighted by molar-refractivity contribution is 5.92. The zero-order valence-electron chi connectivity index (χ0n) is 15.7. The van der Waals surface area contributed by atoms with Gasteiger partial charge in [-0.1, -0.05) is 23.8 Å². The van der Waals surface area contributed by atoms with Crippen molar-refractivity contribution >= 4 is 11.7 Å². The van der Waals surface area contributed by atoms with Crippen molar-refractivity contribution in [2.75, 3.05) is 19.0 Å². The molecule has 6 nitrogen and oxygen atoms in total. The minimum absolute atomic E-state index is 0.165. The van der Waals surface area contributed by atoms with E-state index in [2.05, 4.69) is 26.7 Å². The van der Waals surface area contributed by atoms with Crippen molar-refractivity contribution in [1.29, 1.82) is 0 Å². The molecule has 1 aliphatic rings. The van der Waals surface area contributed by atoms with E-state index < -0.39 is 0 Å². The highest BCUT2D eigenvalue weighted by Gasteiger charge is 2.09. The van der Waals surface area contributed by atoms with Gasteiger partial charge in [0.1, 0.15) is 23.6 Å². The molecule has 1 amide bonds. The van der Waals surface area contributed by atoms with Crippen molar-refractivity contribution in [3.05, 3.63) is 59.6 Å². The van der Waals surface area contributed by atoms with Gasteiger partial charge in [0.25, 0.3) is 5.91 Å². The number of nitrogens with zero attached hydrogens (tertiary/aromatic N) is 2. The van der Waals surface area contributed by atoms with E-state index in [1.807, 2.05) is 24.3 Å². The molecule has 1 aliphatic carbocycles. The zero-order chi connectivity index (χ0) is 18.9. The zero-order valence-corrected chi connectivity index (χ0v) is 15.7. The highest BCUT2D eigenvalue weighted by Crippen LogP contribution is 2.19. The molecule has 0 aliphatic heterocycles. The first-order chi connectivity index (χ1) is 13.2. The van der Waals surface area contributed by atoms with Crippen LogP contribution in [0.4, 0.5) is 5.82 Å². The SMILES string of the molecule is COc1ccc(CNc2cc(C(=O)NCCC3=CCCCC3)ncn2)cc1. The molecule has 2 N–H and O–H groups in total. The Kier molecular flexibility index (Phi) is 6.79. The number of carbonyl (C=O) groups is 1. The predicted molar refractivity (Wildman–Crippen MR) is 106 cm³/mol. The lowest BCUT2D eigenvalue weighted by atomic mass is 9.97. The van der Waals surface area contributed by atoms with Gasteiger partial charge in [0.2, 0.25) is 0 Å². The lowest BCUT2D eigenvalue weighted by Crippen LogP contribution is -2.26. The quantitative estimate of drug-likeness (QED) is 0.697. The second-order valence-corrected chi connectivity index (χ2v) is 6.60. The maximum absolute atomic E-state index is 12.3. The van der Waals surface area contributed by atoms with Gasteiger partial charge in [0.05, 0.1) is 7.11 Å². The second kappa shape index (κ2) is 9.71. The van der Waals surface area contributed by atoms with E-state index in [-0.39, 0.29) is 5.91 Å². The van der Waals surface area contributed by atoms with Gasteiger partial charge in [-0.25, -0.2) is 9.97 Å². The number of benzene rings is 1. The third kappa shape index (κ3) is 5.81. The van der Waals surface area contributed by atoms with Crippen molar-refractivity contribution in [3.8, 4) is 5.75 Å². The van der Waals surface area contributed by atoms with Crippen molar-refractivity contribution < 1.29 is 9.53 Å². The lowest BCUT2D eigenvalue weighted by Gasteiger charge is -2.13. The Balaban J connectivity index is 1.49. The number of methoxy groups -OCH3 is 1. The van der Waals surface area contributed by atoms with Gasteiger partial charge in [0, 0.05) is 19.2 Å². The number of aromatic nitrogens is 2. The Hall–Kier alpha value is -2.89. The van der Waals surface area contributed by atoms with E-state index in [9.17, 15) is 4.79 Å². The summed E-state index contributed by atoms with van der Waals surface area (Å²) in [7, 11) is 1.65. The number of hydrogen-bond donors (Lipinski definition) is 2. The van der Waals surface area contributed by atoms with Crippen LogP contribution in [-0.4, -0.2) is 29.5 Å². The van der Waals surface area contributed by atoms with E-state index in [1.54, 1.807) is 13.2 Å². The third-order valence-corrected chi connectivity index (χ3v) is 4.65. The molecule has 1 aromatic carbocycles. The van der Waals surface area contributed by atoms with Crippen LogP contribution in [0.1, 0.15) is 48.2 Å². The number of rotatable bonds is 8. The molecule has 27 heavy (non-hydrogen) atoms. The summed E-state index contributed by atoms with van der Waals surface area (Å²) in [6, 6.07) is 9.48. The molecular formula is C21H26N4O2. The fraction of sp³-hybridized carbons (Fsp3) is 0.381. The van der Waals surface area contributed by atoms with Crippen LogP contribution < -0.4 is 15.4 Å². The maximum Gasteiger partial charge on any atom is 0.270 e. The van der Waals surface area contributed by atoms with Crippen LogP contribution in [0.15, 0.2) is 48.3 Å². The number of nitrogens with one attached hydrogen (secondary N) is 2. The summed E-state index contributed by atoms with van der Waals surface area (Å²) < 4.78 is 5.16. The molecule has 1 heterocycles. The van der Waals surface area contributed by atoms with E-state index >= 15 is 0 Å². The molecule has 0 spiro atoms. The molecule has 142 valence electrons. The summed E-state index contributed by atoms with van der Waals surface area (Å²) in [5.74, 6) is 1.28. The first-order valence-corrected chi connectivity index (χ1v) is 9.39. The predicted octanol–water partition coefficient (Wildman–Crippen LogP) is 3.72. The van der Waals surface area contributed by atoms with E-state index in [1.165, 1.54) is 31.2 Å². The number of ether oxygens (including phenoxy) is 1. The number of hydrogen-bond acceptors (Lipinski definition) is 5. The van der Waals surface area contributed by atoms with E-state index in [4.69, 9.17) is 4.74 Å². The number of allylic oxidation sites excluding steroid dienone is 1. The van der Waals surface area contributed by atoms with Crippen LogP contribution in [0.3, 0.4) is 0 Å². The van der Waals surface area contributed by atoms with Gasteiger partial charge in [-0.05, 0) is 49.8 Å². The smallest absolute Gasteiger partial charge is 0.270 e. The molecule has 3 rings (SSSR count). The highest BCUT2D eigenvalue weighted by atomic mass is 16.5. The molecular weight excluding hydrogens is 340 g/mol. The molecule has 0 fully saturated rings. The van der Waals surface area contributed by atoms with Crippen molar-refractivity contribution in [1.82, 2.24) is 15.3 Å². The van der Waals surface area contributed by atoms with E-state index in [0.717, 1.165) is 24.2 Å². The van der Waals surface area contributed by atoms with Gasteiger partial charge in [-0.3, -0.25) is 4.79 Å². The fourth-order valence-corrected chi connectivity index (χ4v) is 3.07. The van der Waals surface area contributed by atoms with Crippen LogP contribution in [0.25, 0.3) is 0 Å².